The van der Waals surface area contributed by atoms with Crippen molar-refractivity contribution >= 4 is 44.2 Å². The summed E-state index contributed by atoms with van der Waals surface area (Å²) in [5, 5.41) is 3.74. The quantitative estimate of drug-likeness (QED) is 0.478. The summed E-state index contributed by atoms with van der Waals surface area (Å²) in [6.07, 6.45) is 8.17. The van der Waals surface area contributed by atoms with E-state index in [1.54, 1.807) is 0 Å². The maximum atomic E-state index is 3.74. The average molecular weight is 422 g/mol. The zero-order valence-electron chi connectivity index (χ0n) is 10.9. The van der Waals surface area contributed by atoms with Gasteiger partial charge in [-0.15, -0.1) is 0 Å². The molecule has 0 aliphatic heterocycles. The van der Waals surface area contributed by atoms with Crippen molar-refractivity contribution in [1.29, 1.82) is 0 Å². The maximum absolute atomic E-state index is 3.74. The van der Waals surface area contributed by atoms with Crippen LogP contribution < -0.4 is 5.32 Å². The molecule has 0 spiro atoms. The molecule has 1 aromatic carbocycles. The molecule has 18 heavy (non-hydrogen) atoms. The van der Waals surface area contributed by atoms with Crippen LogP contribution in [0.2, 0.25) is 0 Å². The zero-order chi connectivity index (χ0) is 13.0. The first-order chi connectivity index (χ1) is 8.69. The fraction of sp³-hybridized carbons (Fsp3) is 0.600. The lowest BCUT2D eigenvalue weighted by Crippen LogP contribution is -2.19. The van der Waals surface area contributed by atoms with Crippen molar-refractivity contribution in [2.45, 2.75) is 51.5 Å². The number of rotatable bonds is 3. The SMILES string of the molecule is CCC1CCCC(Nc2cc(Br)ccc2I)CC1. The first-order valence-corrected chi connectivity index (χ1v) is 8.77. The Hall–Kier alpha value is 0.230. The molecule has 1 fully saturated rings. The maximum Gasteiger partial charge on any atom is 0.0489 e. The van der Waals surface area contributed by atoms with Crippen LogP contribution in [0.5, 0.6) is 0 Å². The van der Waals surface area contributed by atoms with Gasteiger partial charge in [0, 0.05) is 19.8 Å². The van der Waals surface area contributed by atoms with Crippen molar-refractivity contribution in [3.63, 3.8) is 0 Å². The van der Waals surface area contributed by atoms with Crippen LogP contribution in [0.4, 0.5) is 5.69 Å². The van der Waals surface area contributed by atoms with E-state index in [-0.39, 0.29) is 0 Å². The van der Waals surface area contributed by atoms with Crippen molar-refractivity contribution in [2.75, 3.05) is 5.32 Å². The van der Waals surface area contributed by atoms with Gasteiger partial charge in [-0.3, -0.25) is 0 Å². The summed E-state index contributed by atoms with van der Waals surface area (Å²) in [7, 11) is 0. The minimum absolute atomic E-state index is 0.657. The van der Waals surface area contributed by atoms with Crippen LogP contribution in [0.1, 0.15) is 45.4 Å². The van der Waals surface area contributed by atoms with Crippen LogP contribution in [0.3, 0.4) is 0 Å². The van der Waals surface area contributed by atoms with E-state index in [0.717, 1.165) is 10.4 Å². The van der Waals surface area contributed by atoms with Crippen molar-refractivity contribution in [3.8, 4) is 0 Å². The first kappa shape index (κ1) is 14.6. The predicted molar refractivity (Wildman–Crippen MR) is 91.1 cm³/mol. The van der Waals surface area contributed by atoms with E-state index in [0.29, 0.717) is 6.04 Å². The Morgan fingerprint density at radius 2 is 2.11 bits per heavy atom. The minimum Gasteiger partial charge on any atom is -0.381 e. The highest BCUT2D eigenvalue weighted by Crippen LogP contribution is 2.29. The number of hydrogen-bond donors (Lipinski definition) is 1. The molecule has 0 heterocycles. The summed E-state index contributed by atoms with van der Waals surface area (Å²) >= 11 is 5.96. The van der Waals surface area contributed by atoms with E-state index in [1.807, 2.05) is 0 Å². The van der Waals surface area contributed by atoms with Crippen LogP contribution in [-0.2, 0) is 0 Å². The molecule has 0 saturated heterocycles. The summed E-state index contributed by atoms with van der Waals surface area (Å²) in [5.74, 6) is 0.957. The van der Waals surface area contributed by atoms with Gasteiger partial charge in [0.2, 0.25) is 0 Å². The number of nitrogens with one attached hydrogen (secondary N) is 1. The molecular weight excluding hydrogens is 401 g/mol. The van der Waals surface area contributed by atoms with Gasteiger partial charge in [-0.05, 0) is 66.0 Å². The van der Waals surface area contributed by atoms with E-state index in [1.165, 1.54) is 47.8 Å². The van der Waals surface area contributed by atoms with Crippen LogP contribution in [-0.4, -0.2) is 6.04 Å². The molecule has 1 aromatic rings. The summed E-state index contributed by atoms with van der Waals surface area (Å²) in [4.78, 5) is 0. The third-order valence-corrected chi connectivity index (χ3v) is 5.39. The highest BCUT2D eigenvalue weighted by molar-refractivity contribution is 14.1. The molecule has 0 aromatic heterocycles. The third-order valence-electron chi connectivity index (χ3n) is 3.95. The Kier molecular flexibility index (Phi) is 5.80. The highest BCUT2D eigenvalue weighted by Gasteiger charge is 2.18. The number of hydrogen-bond acceptors (Lipinski definition) is 1. The van der Waals surface area contributed by atoms with Crippen molar-refractivity contribution in [2.24, 2.45) is 5.92 Å². The van der Waals surface area contributed by atoms with Gasteiger partial charge in [0.05, 0.1) is 0 Å². The summed E-state index contributed by atoms with van der Waals surface area (Å²) in [5.41, 5.74) is 1.28. The monoisotopic (exact) mass is 421 g/mol. The molecule has 2 atom stereocenters. The topological polar surface area (TPSA) is 12.0 Å². The Labute approximate surface area is 132 Å². The lowest BCUT2D eigenvalue weighted by Gasteiger charge is -2.19. The van der Waals surface area contributed by atoms with Gasteiger partial charge in [0.15, 0.2) is 0 Å². The number of halogens is 2. The largest absolute Gasteiger partial charge is 0.381 e. The molecule has 2 unspecified atom stereocenters. The fourth-order valence-corrected chi connectivity index (χ4v) is 3.61. The molecular formula is C15H21BrIN. The highest BCUT2D eigenvalue weighted by atomic mass is 127. The van der Waals surface area contributed by atoms with Gasteiger partial charge in [-0.25, -0.2) is 0 Å². The summed E-state index contributed by atoms with van der Waals surface area (Å²) in [6, 6.07) is 7.12. The van der Waals surface area contributed by atoms with Crippen LogP contribution >= 0.6 is 38.5 Å². The van der Waals surface area contributed by atoms with Crippen LogP contribution in [0.15, 0.2) is 22.7 Å². The van der Waals surface area contributed by atoms with Gasteiger partial charge in [0.25, 0.3) is 0 Å². The molecule has 1 nitrogen and oxygen atoms in total. The van der Waals surface area contributed by atoms with Crippen LogP contribution in [0.25, 0.3) is 0 Å². The minimum atomic E-state index is 0.657. The van der Waals surface area contributed by atoms with Gasteiger partial charge < -0.3 is 5.32 Å². The zero-order valence-corrected chi connectivity index (χ0v) is 14.6. The Morgan fingerprint density at radius 3 is 2.89 bits per heavy atom. The molecule has 0 amide bonds. The molecule has 2 rings (SSSR count). The van der Waals surface area contributed by atoms with Gasteiger partial charge in [-0.2, -0.15) is 0 Å². The molecule has 1 aliphatic carbocycles. The molecule has 1 aliphatic rings. The molecule has 0 bridgehead atoms. The number of anilines is 1. The second-order valence-corrected chi connectivity index (χ2v) is 7.33. The second kappa shape index (κ2) is 7.13. The van der Waals surface area contributed by atoms with E-state index >= 15 is 0 Å². The van der Waals surface area contributed by atoms with Crippen LogP contribution in [0, 0.1) is 9.49 Å². The smallest absolute Gasteiger partial charge is 0.0489 e. The Morgan fingerprint density at radius 1 is 1.28 bits per heavy atom. The number of benzene rings is 1. The van der Waals surface area contributed by atoms with Crippen molar-refractivity contribution in [3.05, 3.63) is 26.2 Å². The molecule has 1 N–H and O–H groups in total. The standard InChI is InChI=1S/C15H21BrIN/c1-2-11-4-3-5-13(8-6-11)18-15-10-12(16)7-9-14(15)17/h7,9-11,13,18H,2-6,8H2,1H3. The Bertz CT molecular complexity index is 394. The first-order valence-electron chi connectivity index (χ1n) is 6.90. The fourth-order valence-electron chi connectivity index (χ4n) is 2.76. The second-order valence-electron chi connectivity index (χ2n) is 5.25. The van der Waals surface area contributed by atoms with Gasteiger partial charge >= 0.3 is 0 Å². The lowest BCUT2D eigenvalue weighted by molar-refractivity contribution is 0.444. The van der Waals surface area contributed by atoms with E-state index < -0.39 is 0 Å². The predicted octanol–water partition coefficient (Wildman–Crippen LogP) is 5.82. The molecule has 0 radical (unpaired) electrons. The normalized spacial score (nSPS) is 24.6. The molecule has 1 saturated carbocycles. The van der Waals surface area contributed by atoms with Gasteiger partial charge in [-0.1, -0.05) is 42.1 Å². The molecule has 100 valence electrons. The Balaban J connectivity index is 1.98. The lowest BCUT2D eigenvalue weighted by atomic mass is 9.98. The van der Waals surface area contributed by atoms with E-state index in [4.69, 9.17) is 0 Å². The van der Waals surface area contributed by atoms with Crippen molar-refractivity contribution in [1.82, 2.24) is 0 Å². The van der Waals surface area contributed by atoms with E-state index in [9.17, 15) is 0 Å². The summed E-state index contributed by atoms with van der Waals surface area (Å²) < 4.78 is 2.47. The molecule has 3 heteroatoms. The average Bonchev–Trinajstić information content (AvgIpc) is 2.59. The third kappa shape index (κ3) is 4.12. The van der Waals surface area contributed by atoms with Crippen molar-refractivity contribution < 1.29 is 0 Å². The van der Waals surface area contributed by atoms with Gasteiger partial charge in [0.1, 0.15) is 0 Å². The van der Waals surface area contributed by atoms with E-state index in [2.05, 4.69) is 69.0 Å². The summed E-state index contributed by atoms with van der Waals surface area (Å²) in [6.45, 7) is 2.33.